The van der Waals surface area contributed by atoms with Gasteiger partial charge in [0.1, 0.15) is 5.15 Å². The van der Waals surface area contributed by atoms with Gasteiger partial charge in [0.25, 0.3) is 0 Å². The Morgan fingerprint density at radius 2 is 2.17 bits per heavy atom. The molecule has 1 saturated heterocycles. The van der Waals surface area contributed by atoms with Crippen molar-refractivity contribution < 1.29 is 0 Å². The van der Waals surface area contributed by atoms with E-state index in [1.807, 2.05) is 0 Å². The summed E-state index contributed by atoms with van der Waals surface area (Å²) in [6.07, 6.45) is 1.78. The molecule has 3 rings (SSSR count). The highest BCUT2D eigenvalue weighted by Gasteiger charge is 2.41. The molecule has 6 heteroatoms. The molecule has 0 atom stereocenters. The van der Waals surface area contributed by atoms with Gasteiger partial charge in [0, 0.05) is 25.4 Å². The molecule has 0 radical (unpaired) electrons. The van der Waals surface area contributed by atoms with Crippen LogP contribution in [-0.4, -0.2) is 52.8 Å². The summed E-state index contributed by atoms with van der Waals surface area (Å²) < 4.78 is 0. The van der Waals surface area contributed by atoms with Gasteiger partial charge in [-0.1, -0.05) is 11.6 Å². The van der Waals surface area contributed by atoms with E-state index in [2.05, 4.69) is 46.0 Å². The highest BCUT2D eigenvalue weighted by molar-refractivity contribution is 6.30. The molecule has 0 amide bonds. The van der Waals surface area contributed by atoms with E-state index in [-0.39, 0.29) is 5.54 Å². The Balaban J connectivity index is 1.89. The van der Waals surface area contributed by atoms with Crippen molar-refractivity contribution in [3.63, 3.8) is 0 Å². The number of H-pyrrole nitrogens is 1. The smallest absolute Gasteiger partial charge is 0.160 e. The molecule has 5 nitrogen and oxygen atoms in total. The third-order valence-electron chi connectivity index (χ3n) is 3.84. The molecular weight excluding hydrogens is 250 g/mol. The second-order valence-electron chi connectivity index (χ2n) is 5.35. The van der Waals surface area contributed by atoms with E-state index in [4.69, 9.17) is 11.6 Å². The van der Waals surface area contributed by atoms with Gasteiger partial charge in [-0.15, -0.1) is 0 Å². The van der Waals surface area contributed by atoms with Crippen molar-refractivity contribution in [2.75, 3.05) is 32.1 Å². The second kappa shape index (κ2) is 3.83. The molecule has 1 aliphatic heterocycles. The topological polar surface area (TPSA) is 48.0 Å². The Morgan fingerprint density at radius 1 is 1.44 bits per heavy atom. The van der Waals surface area contributed by atoms with Gasteiger partial charge in [-0.3, -0.25) is 5.10 Å². The van der Waals surface area contributed by atoms with Gasteiger partial charge in [-0.2, -0.15) is 5.10 Å². The number of pyridine rings is 1. The number of nitrogens with zero attached hydrogens (tertiary/aromatic N) is 4. The monoisotopic (exact) mass is 265 g/mol. The molecule has 18 heavy (non-hydrogen) atoms. The van der Waals surface area contributed by atoms with Gasteiger partial charge in [-0.25, -0.2) is 4.98 Å². The van der Waals surface area contributed by atoms with Crippen molar-refractivity contribution in [3.8, 4) is 0 Å². The van der Waals surface area contributed by atoms with E-state index in [0.717, 1.165) is 29.8 Å². The fourth-order valence-corrected chi connectivity index (χ4v) is 2.48. The van der Waals surface area contributed by atoms with Gasteiger partial charge in [0.15, 0.2) is 5.82 Å². The highest BCUT2D eigenvalue weighted by Crippen LogP contribution is 2.33. The summed E-state index contributed by atoms with van der Waals surface area (Å²) in [5.74, 6) is 0.966. The first-order chi connectivity index (χ1) is 8.49. The molecule has 1 aliphatic rings. The summed E-state index contributed by atoms with van der Waals surface area (Å²) >= 11 is 5.86. The summed E-state index contributed by atoms with van der Waals surface area (Å²) in [6.45, 7) is 4.21. The molecule has 96 valence electrons. The first-order valence-electron chi connectivity index (χ1n) is 5.92. The number of halogens is 1. The van der Waals surface area contributed by atoms with Crippen LogP contribution in [-0.2, 0) is 0 Å². The Bertz CT molecular complexity index is 585. The maximum atomic E-state index is 5.86. The molecule has 0 saturated carbocycles. The Hall–Kier alpha value is -1.33. The summed E-state index contributed by atoms with van der Waals surface area (Å²) in [7, 11) is 4.22. The molecule has 2 aromatic heterocycles. The third-order valence-corrected chi connectivity index (χ3v) is 4.04. The Morgan fingerprint density at radius 3 is 2.83 bits per heavy atom. The normalized spacial score (nSPS) is 18.4. The number of fused-ring (bicyclic) bond motifs is 1. The number of aromatic amines is 1. The predicted octanol–water partition coefficient (Wildman–Crippen LogP) is 1.75. The summed E-state index contributed by atoms with van der Waals surface area (Å²) in [5.41, 5.74) is 1.16. The fraction of sp³-hybridized carbons (Fsp3) is 0.500. The van der Waals surface area contributed by atoms with Gasteiger partial charge < -0.3 is 9.80 Å². The summed E-state index contributed by atoms with van der Waals surface area (Å²) in [6, 6.07) is 1.80. The molecule has 0 aromatic carbocycles. The SMILES string of the molecule is CN(C)C1(C)CN(c2n[nH]c3cc(Cl)ncc23)C1. The molecule has 2 aromatic rings. The van der Waals surface area contributed by atoms with Crippen LogP contribution in [0.2, 0.25) is 5.15 Å². The zero-order valence-electron chi connectivity index (χ0n) is 10.7. The first-order valence-corrected chi connectivity index (χ1v) is 6.29. The van der Waals surface area contributed by atoms with E-state index in [0.29, 0.717) is 5.15 Å². The molecule has 0 spiro atoms. The third kappa shape index (κ3) is 1.66. The summed E-state index contributed by atoms with van der Waals surface area (Å²) in [5, 5.41) is 8.89. The number of likely N-dealkylation sites (N-methyl/N-ethyl adjacent to an activating group) is 1. The quantitative estimate of drug-likeness (QED) is 0.841. The molecule has 0 bridgehead atoms. The van der Waals surface area contributed by atoms with Crippen LogP contribution in [0.1, 0.15) is 6.92 Å². The second-order valence-corrected chi connectivity index (χ2v) is 5.73. The number of anilines is 1. The maximum Gasteiger partial charge on any atom is 0.160 e. The van der Waals surface area contributed by atoms with E-state index in [1.54, 1.807) is 12.3 Å². The molecule has 1 fully saturated rings. The lowest BCUT2D eigenvalue weighted by molar-refractivity contribution is 0.133. The van der Waals surface area contributed by atoms with Crippen LogP contribution in [0.3, 0.4) is 0 Å². The minimum atomic E-state index is 0.227. The van der Waals surface area contributed by atoms with Gasteiger partial charge in [0.05, 0.1) is 16.4 Å². The van der Waals surface area contributed by atoms with Crippen molar-refractivity contribution in [1.29, 1.82) is 0 Å². The minimum absolute atomic E-state index is 0.227. The Labute approximate surface area is 111 Å². The van der Waals surface area contributed by atoms with E-state index in [1.165, 1.54) is 0 Å². The lowest BCUT2D eigenvalue weighted by Gasteiger charge is -2.52. The van der Waals surface area contributed by atoms with Crippen LogP contribution in [0.15, 0.2) is 12.3 Å². The number of hydrogen-bond acceptors (Lipinski definition) is 4. The Kier molecular flexibility index (Phi) is 2.50. The number of hydrogen-bond donors (Lipinski definition) is 1. The van der Waals surface area contributed by atoms with Crippen LogP contribution < -0.4 is 4.90 Å². The zero-order chi connectivity index (χ0) is 12.9. The van der Waals surface area contributed by atoms with Crippen molar-refractivity contribution in [3.05, 3.63) is 17.4 Å². The number of aromatic nitrogens is 3. The van der Waals surface area contributed by atoms with Crippen LogP contribution in [0.4, 0.5) is 5.82 Å². The summed E-state index contributed by atoms with van der Waals surface area (Å²) in [4.78, 5) is 8.64. The van der Waals surface area contributed by atoms with Crippen LogP contribution in [0.25, 0.3) is 10.9 Å². The largest absolute Gasteiger partial charge is 0.351 e. The van der Waals surface area contributed by atoms with Gasteiger partial charge in [-0.05, 0) is 21.0 Å². The van der Waals surface area contributed by atoms with E-state index >= 15 is 0 Å². The standard InChI is InChI=1S/C12H16ClN5/c1-12(17(2)3)6-18(7-12)11-8-5-14-10(13)4-9(8)15-16-11/h4-5H,6-7H2,1-3H3,(H,15,16). The maximum absolute atomic E-state index is 5.86. The number of nitrogens with one attached hydrogen (secondary N) is 1. The number of rotatable bonds is 2. The zero-order valence-corrected chi connectivity index (χ0v) is 11.5. The van der Waals surface area contributed by atoms with Crippen molar-refractivity contribution >= 4 is 28.3 Å². The molecule has 1 N–H and O–H groups in total. The lowest BCUT2D eigenvalue weighted by atomic mass is 9.91. The van der Waals surface area contributed by atoms with Crippen LogP contribution >= 0.6 is 11.6 Å². The first kappa shape index (κ1) is 11.7. The molecule has 0 unspecified atom stereocenters. The fourth-order valence-electron chi connectivity index (χ4n) is 2.32. The van der Waals surface area contributed by atoms with E-state index in [9.17, 15) is 0 Å². The highest BCUT2D eigenvalue weighted by atomic mass is 35.5. The average Bonchev–Trinajstić information content (AvgIpc) is 2.67. The molecular formula is C12H16ClN5. The van der Waals surface area contributed by atoms with Crippen molar-refractivity contribution in [1.82, 2.24) is 20.1 Å². The van der Waals surface area contributed by atoms with Crippen molar-refractivity contribution in [2.24, 2.45) is 0 Å². The van der Waals surface area contributed by atoms with Crippen LogP contribution in [0.5, 0.6) is 0 Å². The minimum Gasteiger partial charge on any atom is -0.351 e. The lowest BCUT2D eigenvalue weighted by Crippen LogP contribution is -2.67. The molecule has 3 heterocycles. The van der Waals surface area contributed by atoms with Gasteiger partial charge >= 0.3 is 0 Å². The predicted molar refractivity (Wildman–Crippen MR) is 73.2 cm³/mol. The van der Waals surface area contributed by atoms with Crippen LogP contribution in [0, 0.1) is 0 Å². The van der Waals surface area contributed by atoms with E-state index < -0.39 is 0 Å². The van der Waals surface area contributed by atoms with Gasteiger partial charge in [0.2, 0.25) is 0 Å². The molecule has 0 aliphatic carbocycles. The average molecular weight is 266 g/mol. The van der Waals surface area contributed by atoms with Crippen molar-refractivity contribution in [2.45, 2.75) is 12.5 Å².